The van der Waals surface area contributed by atoms with E-state index in [4.69, 9.17) is 9.47 Å². The molecule has 7 nitrogen and oxygen atoms in total. The number of halogens is 1. The molecule has 2 aromatic carbocycles. The third kappa shape index (κ3) is 5.40. The Morgan fingerprint density at radius 2 is 1.82 bits per heavy atom. The molecule has 0 bridgehead atoms. The summed E-state index contributed by atoms with van der Waals surface area (Å²) < 4.78 is 27.2. The van der Waals surface area contributed by atoms with E-state index in [9.17, 15) is 9.18 Å². The summed E-state index contributed by atoms with van der Waals surface area (Å²) in [5.74, 6) is 0.540. The van der Waals surface area contributed by atoms with E-state index >= 15 is 0 Å². The van der Waals surface area contributed by atoms with E-state index in [1.54, 1.807) is 36.2 Å². The van der Waals surface area contributed by atoms with E-state index < -0.39 is 5.82 Å². The number of aryl methyl sites for hydroxylation is 1. The molecule has 0 fully saturated rings. The van der Waals surface area contributed by atoms with Gasteiger partial charge in [0.25, 0.3) is 0 Å². The van der Waals surface area contributed by atoms with Crippen molar-refractivity contribution >= 4 is 5.91 Å². The zero-order valence-electron chi connectivity index (χ0n) is 19.0. The molecule has 4 aromatic rings. The Morgan fingerprint density at radius 1 is 1.06 bits per heavy atom. The van der Waals surface area contributed by atoms with Crippen LogP contribution >= 0.6 is 0 Å². The summed E-state index contributed by atoms with van der Waals surface area (Å²) in [6.07, 6.45) is 2.28. The Kier molecular flexibility index (Phi) is 7.17. The summed E-state index contributed by atoms with van der Waals surface area (Å²) in [6, 6.07) is 19.0. The number of carbonyl (C=O) groups excluding carboxylic acids is 1. The molecule has 8 heteroatoms. The van der Waals surface area contributed by atoms with Crippen molar-refractivity contribution in [1.29, 1.82) is 0 Å². The standard InChI is InChI=1S/C26H25FN4O3/c1-18-22(14-15-25(32)29-17-19-7-5-6-16-28-19)26(34-24-9-4-3-8-23(24)27)31(30-18)20-10-12-21(33-2)13-11-20/h3-13,16H,14-15,17H2,1-2H3,(H,29,32). The number of amides is 1. The van der Waals surface area contributed by atoms with Gasteiger partial charge in [-0.25, -0.2) is 9.07 Å². The molecule has 0 aliphatic rings. The molecule has 1 N–H and O–H groups in total. The number of hydrogen-bond acceptors (Lipinski definition) is 5. The number of para-hydroxylation sites is 1. The normalized spacial score (nSPS) is 10.7. The zero-order chi connectivity index (χ0) is 23.9. The van der Waals surface area contributed by atoms with Crippen molar-refractivity contribution in [3.05, 3.63) is 95.7 Å². The topological polar surface area (TPSA) is 78.3 Å². The fraction of sp³-hybridized carbons (Fsp3) is 0.192. The summed E-state index contributed by atoms with van der Waals surface area (Å²) in [4.78, 5) is 16.7. The van der Waals surface area contributed by atoms with Crippen LogP contribution < -0.4 is 14.8 Å². The quantitative estimate of drug-likeness (QED) is 0.390. The molecule has 0 saturated heterocycles. The van der Waals surface area contributed by atoms with Gasteiger partial charge in [0.2, 0.25) is 11.8 Å². The average molecular weight is 461 g/mol. The van der Waals surface area contributed by atoms with Crippen LogP contribution in [0.25, 0.3) is 5.69 Å². The fourth-order valence-electron chi connectivity index (χ4n) is 3.48. The number of hydrogen-bond donors (Lipinski definition) is 1. The van der Waals surface area contributed by atoms with Gasteiger partial charge in [-0.1, -0.05) is 18.2 Å². The Morgan fingerprint density at radius 3 is 2.53 bits per heavy atom. The molecular weight excluding hydrogens is 435 g/mol. The van der Waals surface area contributed by atoms with Crippen molar-refractivity contribution < 1.29 is 18.7 Å². The highest BCUT2D eigenvalue weighted by Crippen LogP contribution is 2.33. The summed E-state index contributed by atoms with van der Waals surface area (Å²) in [5, 5.41) is 7.50. The summed E-state index contributed by atoms with van der Waals surface area (Å²) >= 11 is 0. The number of methoxy groups -OCH3 is 1. The van der Waals surface area contributed by atoms with Gasteiger partial charge in [0.1, 0.15) is 5.75 Å². The Bertz CT molecular complexity index is 1260. The van der Waals surface area contributed by atoms with Gasteiger partial charge in [0.05, 0.1) is 30.7 Å². The molecule has 4 rings (SSSR count). The first-order valence-electron chi connectivity index (χ1n) is 10.9. The smallest absolute Gasteiger partial charge is 0.226 e. The summed E-state index contributed by atoms with van der Waals surface area (Å²) in [7, 11) is 1.59. The average Bonchev–Trinajstić information content (AvgIpc) is 3.18. The maximum atomic E-state index is 14.4. The molecular formula is C26H25FN4O3. The molecule has 0 spiro atoms. The van der Waals surface area contributed by atoms with Crippen LogP contribution in [0.5, 0.6) is 17.4 Å². The number of aromatic nitrogens is 3. The van der Waals surface area contributed by atoms with Gasteiger partial charge < -0.3 is 14.8 Å². The zero-order valence-corrected chi connectivity index (χ0v) is 19.0. The van der Waals surface area contributed by atoms with E-state index in [0.29, 0.717) is 30.3 Å². The third-order valence-corrected chi connectivity index (χ3v) is 5.29. The lowest BCUT2D eigenvalue weighted by Gasteiger charge is -2.12. The van der Waals surface area contributed by atoms with Crippen molar-refractivity contribution in [3.63, 3.8) is 0 Å². The molecule has 34 heavy (non-hydrogen) atoms. The van der Waals surface area contributed by atoms with Crippen molar-refractivity contribution in [2.45, 2.75) is 26.3 Å². The number of nitrogens with zero attached hydrogens (tertiary/aromatic N) is 3. The van der Waals surface area contributed by atoms with E-state index in [1.165, 1.54) is 6.07 Å². The maximum absolute atomic E-state index is 14.4. The molecule has 0 radical (unpaired) electrons. The monoisotopic (exact) mass is 460 g/mol. The first-order valence-corrected chi connectivity index (χ1v) is 10.9. The van der Waals surface area contributed by atoms with Crippen LogP contribution in [0.2, 0.25) is 0 Å². The molecule has 2 aromatic heterocycles. The number of nitrogens with one attached hydrogen (secondary N) is 1. The summed E-state index contributed by atoms with van der Waals surface area (Å²) in [6.45, 7) is 2.19. The van der Waals surface area contributed by atoms with Gasteiger partial charge in [-0.15, -0.1) is 0 Å². The van der Waals surface area contributed by atoms with E-state index in [-0.39, 0.29) is 18.1 Å². The van der Waals surface area contributed by atoms with Gasteiger partial charge >= 0.3 is 0 Å². The highest BCUT2D eigenvalue weighted by Gasteiger charge is 2.21. The number of rotatable bonds is 9. The SMILES string of the molecule is COc1ccc(-n2nc(C)c(CCC(=O)NCc3ccccn3)c2Oc2ccccc2F)cc1. The first kappa shape index (κ1) is 23.0. The van der Waals surface area contributed by atoms with E-state index in [1.807, 2.05) is 49.4 Å². The summed E-state index contributed by atoms with van der Waals surface area (Å²) in [5.41, 5.74) is 2.93. The molecule has 0 unspecified atom stereocenters. The molecule has 0 aliphatic heterocycles. The molecule has 0 atom stereocenters. The first-order chi connectivity index (χ1) is 16.5. The van der Waals surface area contributed by atoms with Crippen molar-refractivity contribution in [2.75, 3.05) is 7.11 Å². The van der Waals surface area contributed by atoms with Crippen LogP contribution in [0.15, 0.2) is 72.9 Å². The fourth-order valence-corrected chi connectivity index (χ4v) is 3.48. The van der Waals surface area contributed by atoms with E-state index in [2.05, 4.69) is 15.4 Å². The van der Waals surface area contributed by atoms with Crippen LogP contribution in [0, 0.1) is 12.7 Å². The number of pyridine rings is 1. The van der Waals surface area contributed by atoms with Crippen molar-refractivity contribution in [1.82, 2.24) is 20.1 Å². The highest BCUT2D eigenvalue weighted by molar-refractivity contribution is 5.76. The Labute approximate surface area is 197 Å². The van der Waals surface area contributed by atoms with Gasteiger partial charge in [-0.05, 0) is 61.9 Å². The maximum Gasteiger partial charge on any atom is 0.226 e. The minimum atomic E-state index is -0.485. The molecule has 0 aliphatic carbocycles. The Hall–Kier alpha value is -4.20. The van der Waals surface area contributed by atoms with Gasteiger partial charge in [0.15, 0.2) is 11.6 Å². The van der Waals surface area contributed by atoms with Crippen LogP contribution in [0.3, 0.4) is 0 Å². The molecule has 0 saturated carbocycles. The van der Waals surface area contributed by atoms with Crippen molar-refractivity contribution in [3.8, 4) is 23.1 Å². The van der Waals surface area contributed by atoms with Gasteiger partial charge in [-0.2, -0.15) is 5.10 Å². The second-order valence-electron chi connectivity index (χ2n) is 7.61. The molecule has 2 heterocycles. The van der Waals surface area contributed by atoms with Crippen LogP contribution in [0.1, 0.15) is 23.4 Å². The predicted octanol–water partition coefficient (Wildman–Crippen LogP) is 4.76. The van der Waals surface area contributed by atoms with Crippen LogP contribution in [-0.2, 0) is 17.8 Å². The minimum absolute atomic E-state index is 0.0815. The predicted molar refractivity (Wildman–Crippen MR) is 126 cm³/mol. The van der Waals surface area contributed by atoms with Gasteiger partial charge in [0, 0.05) is 18.2 Å². The Balaban J connectivity index is 1.58. The second kappa shape index (κ2) is 10.6. The lowest BCUT2D eigenvalue weighted by atomic mass is 10.1. The molecule has 174 valence electrons. The minimum Gasteiger partial charge on any atom is -0.497 e. The van der Waals surface area contributed by atoms with E-state index in [0.717, 1.165) is 16.9 Å². The lowest BCUT2D eigenvalue weighted by Crippen LogP contribution is -2.23. The highest BCUT2D eigenvalue weighted by atomic mass is 19.1. The number of ether oxygens (including phenoxy) is 2. The van der Waals surface area contributed by atoms with Crippen molar-refractivity contribution in [2.24, 2.45) is 0 Å². The number of carbonyl (C=O) groups is 1. The molecule has 1 amide bonds. The second-order valence-corrected chi connectivity index (χ2v) is 7.61. The van der Waals surface area contributed by atoms with Gasteiger partial charge in [-0.3, -0.25) is 9.78 Å². The van der Waals surface area contributed by atoms with Crippen LogP contribution in [-0.4, -0.2) is 27.8 Å². The van der Waals surface area contributed by atoms with Crippen LogP contribution in [0.4, 0.5) is 4.39 Å². The largest absolute Gasteiger partial charge is 0.497 e. The lowest BCUT2D eigenvalue weighted by molar-refractivity contribution is -0.121. The number of benzene rings is 2. The third-order valence-electron chi connectivity index (χ3n) is 5.29.